The molecule has 0 heterocycles. The molecular weight excluding hydrogens is 344 g/mol. The molecule has 5 atom stereocenters. The van der Waals surface area contributed by atoms with Gasteiger partial charge < -0.3 is 4.74 Å². The molecule has 0 N–H and O–H groups in total. The SMILES string of the molecule is C=CCOc1c(C(C)(C)C)cc(C)cc1[Si](C)(C)[C@@H]1C(C)C(C)[C@@H](C)[C@H]1C. The van der Waals surface area contributed by atoms with Crippen LogP contribution in [0.1, 0.15) is 59.6 Å². The smallest absolute Gasteiger partial charge is 0.122 e. The second-order valence-electron chi connectivity index (χ2n) is 10.7. The molecule has 1 aromatic carbocycles. The topological polar surface area (TPSA) is 9.23 Å². The number of rotatable bonds is 5. The zero-order valence-corrected chi connectivity index (χ0v) is 20.4. The minimum Gasteiger partial charge on any atom is -0.489 e. The summed E-state index contributed by atoms with van der Waals surface area (Å²) in [6, 6.07) is 4.77. The summed E-state index contributed by atoms with van der Waals surface area (Å²) in [6.07, 6.45) is 1.87. The number of hydrogen-bond donors (Lipinski definition) is 0. The second kappa shape index (κ2) is 7.77. The van der Waals surface area contributed by atoms with Crippen LogP contribution < -0.4 is 9.92 Å². The first-order valence-electron chi connectivity index (χ1n) is 10.7. The average Bonchev–Trinajstić information content (AvgIpc) is 2.75. The van der Waals surface area contributed by atoms with E-state index in [0.29, 0.717) is 6.61 Å². The molecule has 0 aliphatic heterocycles. The Kier molecular flexibility index (Phi) is 6.41. The summed E-state index contributed by atoms with van der Waals surface area (Å²) in [4.78, 5) is 0. The summed E-state index contributed by atoms with van der Waals surface area (Å²) in [6.45, 7) is 28.7. The Balaban J connectivity index is 2.68. The molecule has 27 heavy (non-hydrogen) atoms. The predicted octanol–water partition coefficient (Wildman–Crippen LogP) is 6.70. The fourth-order valence-electron chi connectivity index (χ4n) is 5.69. The Bertz CT molecular complexity index is 668. The lowest BCUT2D eigenvalue weighted by molar-refractivity contribution is 0.352. The summed E-state index contributed by atoms with van der Waals surface area (Å²) >= 11 is 0. The van der Waals surface area contributed by atoms with E-state index < -0.39 is 8.07 Å². The molecule has 1 aliphatic carbocycles. The van der Waals surface area contributed by atoms with Crippen LogP contribution in [-0.4, -0.2) is 14.7 Å². The average molecular weight is 387 g/mol. The van der Waals surface area contributed by atoms with Crippen molar-refractivity contribution >= 4 is 13.3 Å². The van der Waals surface area contributed by atoms with Gasteiger partial charge in [0.2, 0.25) is 0 Å². The highest BCUT2D eigenvalue weighted by Crippen LogP contribution is 2.54. The second-order valence-corrected chi connectivity index (χ2v) is 15.4. The maximum Gasteiger partial charge on any atom is 0.122 e. The molecule has 0 aromatic heterocycles. The van der Waals surface area contributed by atoms with Crippen LogP contribution in [0.15, 0.2) is 24.8 Å². The molecular formula is C25H42OSi. The van der Waals surface area contributed by atoms with Gasteiger partial charge in [-0.1, -0.05) is 91.9 Å². The van der Waals surface area contributed by atoms with E-state index in [1.807, 2.05) is 6.08 Å². The molecule has 0 radical (unpaired) electrons. The van der Waals surface area contributed by atoms with Gasteiger partial charge in [0.05, 0.1) is 8.07 Å². The molecule has 1 nitrogen and oxygen atoms in total. The Morgan fingerprint density at radius 1 is 1.00 bits per heavy atom. The van der Waals surface area contributed by atoms with Crippen molar-refractivity contribution in [1.82, 2.24) is 0 Å². The third-order valence-electron chi connectivity index (χ3n) is 7.54. The monoisotopic (exact) mass is 386 g/mol. The third kappa shape index (κ3) is 4.06. The largest absolute Gasteiger partial charge is 0.489 e. The van der Waals surface area contributed by atoms with Crippen molar-refractivity contribution < 1.29 is 4.74 Å². The van der Waals surface area contributed by atoms with Crippen molar-refractivity contribution in [3.8, 4) is 5.75 Å². The number of hydrogen-bond acceptors (Lipinski definition) is 1. The van der Waals surface area contributed by atoms with Crippen LogP contribution >= 0.6 is 0 Å². The molecule has 0 saturated heterocycles. The molecule has 1 aromatic rings. The molecule has 1 fully saturated rings. The molecule has 2 rings (SSSR count). The van der Waals surface area contributed by atoms with Gasteiger partial charge in [-0.25, -0.2) is 0 Å². The minimum absolute atomic E-state index is 0.0647. The fourth-order valence-corrected chi connectivity index (χ4v) is 10.7. The van der Waals surface area contributed by atoms with Crippen LogP contribution in [0.3, 0.4) is 0 Å². The molecule has 1 aliphatic rings. The zero-order valence-electron chi connectivity index (χ0n) is 19.4. The van der Waals surface area contributed by atoms with E-state index in [0.717, 1.165) is 35.0 Å². The van der Waals surface area contributed by atoms with Gasteiger partial charge in [-0.2, -0.15) is 0 Å². The zero-order chi connectivity index (χ0) is 20.7. The summed E-state index contributed by atoms with van der Waals surface area (Å²) < 4.78 is 6.39. The lowest BCUT2D eigenvalue weighted by atomic mass is 9.85. The Morgan fingerprint density at radius 3 is 1.96 bits per heavy atom. The summed E-state index contributed by atoms with van der Waals surface area (Å²) in [5.74, 6) is 4.27. The first-order chi connectivity index (χ1) is 12.3. The van der Waals surface area contributed by atoms with Gasteiger partial charge in [0, 0.05) is 0 Å². The van der Waals surface area contributed by atoms with Gasteiger partial charge in [-0.05, 0) is 52.3 Å². The van der Waals surface area contributed by atoms with E-state index in [2.05, 4.69) is 87.2 Å². The predicted molar refractivity (Wildman–Crippen MR) is 123 cm³/mol. The van der Waals surface area contributed by atoms with Gasteiger partial charge in [0.1, 0.15) is 12.4 Å². The molecule has 1 saturated carbocycles. The normalized spacial score (nSPS) is 29.0. The maximum atomic E-state index is 6.39. The molecule has 0 amide bonds. The van der Waals surface area contributed by atoms with E-state index in [4.69, 9.17) is 4.74 Å². The highest BCUT2D eigenvalue weighted by atomic mass is 28.3. The van der Waals surface area contributed by atoms with Crippen molar-refractivity contribution in [1.29, 1.82) is 0 Å². The Labute approximate surface area is 169 Å². The Morgan fingerprint density at radius 2 is 1.52 bits per heavy atom. The fraction of sp³-hybridized carbons (Fsp3) is 0.680. The number of ether oxygens (including phenoxy) is 1. The van der Waals surface area contributed by atoms with Crippen LogP contribution in [0, 0.1) is 30.6 Å². The molecule has 2 unspecified atom stereocenters. The van der Waals surface area contributed by atoms with Crippen LogP contribution in [0.25, 0.3) is 0 Å². The number of aryl methyl sites for hydroxylation is 1. The van der Waals surface area contributed by atoms with Gasteiger partial charge >= 0.3 is 0 Å². The summed E-state index contributed by atoms with van der Waals surface area (Å²) in [7, 11) is -1.75. The van der Waals surface area contributed by atoms with Crippen LogP contribution in [0.5, 0.6) is 5.75 Å². The van der Waals surface area contributed by atoms with Crippen molar-refractivity contribution in [2.75, 3.05) is 6.61 Å². The highest BCUT2D eigenvalue weighted by molar-refractivity contribution is 6.91. The molecule has 152 valence electrons. The lowest BCUT2D eigenvalue weighted by Gasteiger charge is -2.39. The van der Waals surface area contributed by atoms with E-state index in [9.17, 15) is 0 Å². The summed E-state index contributed by atoms with van der Waals surface area (Å²) in [5.41, 5.74) is 3.55. The highest BCUT2D eigenvalue weighted by Gasteiger charge is 2.51. The number of benzene rings is 1. The quantitative estimate of drug-likeness (QED) is 0.404. The van der Waals surface area contributed by atoms with Gasteiger partial charge in [0.15, 0.2) is 0 Å². The van der Waals surface area contributed by atoms with Crippen molar-refractivity contribution in [3.05, 3.63) is 35.9 Å². The van der Waals surface area contributed by atoms with Crippen molar-refractivity contribution in [2.45, 2.75) is 79.4 Å². The van der Waals surface area contributed by atoms with Crippen molar-refractivity contribution in [3.63, 3.8) is 0 Å². The van der Waals surface area contributed by atoms with E-state index in [1.165, 1.54) is 16.3 Å². The standard InChI is InChI=1S/C25H42OSi/c1-12-13-26-23-21(25(7,8)9)14-16(2)15-22(23)27(10,11)24-19(5)17(3)18(4)20(24)6/h12,14-15,17-20,24H,1,13H2,2-11H3/t17-,18?,19-,20?,24+/m1/s1. The van der Waals surface area contributed by atoms with Crippen LogP contribution in [0.4, 0.5) is 0 Å². The van der Waals surface area contributed by atoms with Crippen LogP contribution in [0.2, 0.25) is 18.6 Å². The molecule has 0 spiro atoms. The minimum atomic E-state index is -1.75. The van der Waals surface area contributed by atoms with Crippen molar-refractivity contribution in [2.24, 2.45) is 23.7 Å². The molecule has 0 bridgehead atoms. The van der Waals surface area contributed by atoms with E-state index >= 15 is 0 Å². The van der Waals surface area contributed by atoms with E-state index in [1.54, 1.807) is 0 Å². The Hall–Kier alpha value is -1.02. The molecule has 2 heteroatoms. The maximum absolute atomic E-state index is 6.39. The van der Waals surface area contributed by atoms with Gasteiger partial charge in [-0.15, -0.1) is 0 Å². The van der Waals surface area contributed by atoms with Gasteiger partial charge in [-0.3, -0.25) is 0 Å². The first-order valence-corrected chi connectivity index (χ1v) is 13.8. The lowest BCUT2D eigenvalue weighted by Crippen LogP contribution is -2.50. The summed E-state index contributed by atoms with van der Waals surface area (Å²) in [5, 5.41) is 1.51. The van der Waals surface area contributed by atoms with Gasteiger partial charge in [0.25, 0.3) is 0 Å². The third-order valence-corrected chi connectivity index (χ3v) is 12.0. The van der Waals surface area contributed by atoms with E-state index in [-0.39, 0.29) is 5.41 Å². The first kappa shape index (κ1) is 22.3. The van der Waals surface area contributed by atoms with Crippen LogP contribution in [-0.2, 0) is 5.41 Å².